The van der Waals surface area contributed by atoms with E-state index in [4.69, 9.17) is 4.42 Å². The lowest BCUT2D eigenvalue weighted by Gasteiger charge is -2.19. The molecule has 0 fully saturated rings. The number of thioether (sulfide) groups is 1. The normalized spacial score (nSPS) is 11.7. The number of carbonyl (C=O) groups excluding carboxylic acids is 1. The number of benzene rings is 1. The maximum atomic E-state index is 12.1. The summed E-state index contributed by atoms with van der Waals surface area (Å²) in [6.45, 7) is 8.38. The maximum absolute atomic E-state index is 12.1. The molecule has 1 amide bonds. The van der Waals surface area contributed by atoms with Crippen molar-refractivity contribution in [2.75, 3.05) is 11.1 Å². The number of carbonyl (C=O) groups is 1. The topological polar surface area (TPSA) is 68.0 Å². The van der Waals surface area contributed by atoms with Crippen molar-refractivity contribution in [1.29, 1.82) is 0 Å². The molecule has 0 radical (unpaired) electrons. The molecule has 0 spiro atoms. The van der Waals surface area contributed by atoms with Crippen LogP contribution in [0.15, 0.2) is 46.0 Å². The van der Waals surface area contributed by atoms with Gasteiger partial charge in [0, 0.05) is 11.4 Å². The molecule has 0 aliphatic heterocycles. The van der Waals surface area contributed by atoms with Gasteiger partial charge in [-0.25, -0.2) is 4.98 Å². The second-order valence-corrected chi connectivity index (χ2v) is 7.84. The highest BCUT2D eigenvalue weighted by molar-refractivity contribution is 7.99. The molecule has 5 nitrogen and oxygen atoms in total. The summed E-state index contributed by atoms with van der Waals surface area (Å²) < 4.78 is 5.59. The highest BCUT2D eigenvalue weighted by Gasteiger charge is 2.14. The second kappa shape index (κ2) is 6.88. The quantitative estimate of drug-likeness (QED) is 0.695. The number of hydrogen-bond acceptors (Lipinski definition) is 5. The van der Waals surface area contributed by atoms with Crippen molar-refractivity contribution in [1.82, 2.24) is 9.97 Å². The number of pyridine rings is 1. The highest BCUT2D eigenvalue weighted by Crippen LogP contribution is 2.25. The van der Waals surface area contributed by atoms with E-state index < -0.39 is 0 Å². The van der Waals surface area contributed by atoms with Crippen molar-refractivity contribution in [2.24, 2.45) is 0 Å². The summed E-state index contributed by atoms with van der Waals surface area (Å²) in [7, 11) is 0. The predicted octanol–water partition coefficient (Wildman–Crippen LogP) is 4.56. The number of aromatic nitrogens is 2. The van der Waals surface area contributed by atoms with E-state index >= 15 is 0 Å². The Morgan fingerprint density at radius 3 is 2.52 bits per heavy atom. The number of fused-ring (bicyclic) bond motifs is 1. The monoisotopic (exact) mass is 355 g/mol. The molecule has 1 N–H and O–H groups in total. The first-order valence-electron chi connectivity index (χ1n) is 8.09. The number of amides is 1. The SMILES string of the molecule is Cc1ccc2oc(SCC(=O)Nc3ccc(C(C)(C)C)cc3)nc2n1. The van der Waals surface area contributed by atoms with E-state index in [-0.39, 0.29) is 17.1 Å². The Bertz CT molecular complexity index is 895. The zero-order valence-electron chi connectivity index (χ0n) is 14.8. The number of aryl methyl sites for hydroxylation is 1. The van der Waals surface area contributed by atoms with Crippen LogP contribution in [0.2, 0.25) is 0 Å². The molecule has 0 unspecified atom stereocenters. The summed E-state index contributed by atoms with van der Waals surface area (Å²) in [6.07, 6.45) is 0. The molecule has 3 aromatic rings. The van der Waals surface area contributed by atoms with E-state index in [0.29, 0.717) is 16.5 Å². The van der Waals surface area contributed by atoms with E-state index in [0.717, 1.165) is 11.4 Å². The molecule has 0 saturated heterocycles. The number of oxazole rings is 1. The molecule has 6 heteroatoms. The van der Waals surface area contributed by atoms with Gasteiger partial charge in [-0.05, 0) is 42.2 Å². The van der Waals surface area contributed by atoms with Gasteiger partial charge < -0.3 is 9.73 Å². The minimum atomic E-state index is -0.0973. The number of hydrogen-bond donors (Lipinski definition) is 1. The lowest BCUT2D eigenvalue weighted by molar-refractivity contribution is -0.113. The zero-order chi connectivity index (χ0) is 18.0. The lowest BCUT2D eigenvalue weighted by atomic mass is 9.87. The lowest BCUT2D eigenvalue weighted by Crippen LogP contribution is -2.15. The van der Waals surface area contributed by atoms with Gasteiger partial charge >= 0.3 is 0 Å². The predicted molar refractivity (Wildman–Crippen MR) is 101 cm³/mol. The highest BCUT2D eigenvalue weighted by atomic mass is 32.2. The van der Waals surface area contributed by atoms with E-state index in [2.05, 4.69) is 36.1 Å². The van der Waals surface area contributed by atoms with Crippen LogP contribution in [0, 0.1) is 6.92 Å². The number of nitrogens with zero attached hydrogens (tertiary/aromatic N) is 2. The van der Waals surface area contributed by atoms with Crippen molar-refractivity contribution >= 4 is 34.6 Å². The Morgan fingerprint density at radius 1 is 1.12 bits per heavy atom. The molecule has 2 aromatic heterocycles. The van der Waals surface area contributed by atoms with Crippen LogP contribution in [0.1, 0.15) is 32.0 Å². The zero-order valence-corrected chi connectivity index (χ0v) is 15.6. The molecule has 1 aromatic carbocycles. The van der Waals surface area contributed by atoms with Crippen molar-refractivity contribution in [3.05, 3.63) is 47.7 Å². The average molecular weight is 355 g/mol. The number of rotatable bonds is 4. The fraction of sp³-hybridized carbons (Fsp3) is 0.316. The van der Waals surface area contributed by atoms with Crippen LogP contribution in [0.5, 0.6) is 0 Å². The second-order valence-electron chi connectivity index (χ2n) is 6.92. The van der Waals surface area contributed by atoms with E-state index in [9.17, 15) is 4.79 Å². The molecule has 0 aliphatic carbocycles. The Hall–Kier alpha value is -2.34. The summed E-state index contributed by atoms with van der Waals surface area (Å²) in [5.74, 6) is 0.132. The van der Waals surface area contributed by atoms with Crippen LogP contribution in [-0.2, 0) is 10.2 Å². The van der Waals surface area contributed by atoms with Gasteiger partial charge in [0.1, 0.15) is 0 Å². The summed E-state index contributed by atoms with van der Waals surface area (Å²) in [6, 6.07) is 11.6. The van der Waals surface area contributed by atoms with Crippen LogP contribution in [0.4, 0.5) is 5.69 Å². The summed E-state index contributed by atoms with van der Waals surface area (Å²) in [5.41, 5.74) is 4.20. The Morgan fingerprint density at radius 2 is 1.84 bits per heavy atom. The van der Waals surface area contributed by atoms with Gasteiger partial charge in [-0.1, -0.05) is 44.7 Å². The molecule has 0 aliphatic rings. The van der Waals surface area contributed by atoms with Crippen molar-refractivity contribution < 1.29 is 9.21 Å². The van der Waals surface area contributed by atoms with Crippen LogP contribution < -0.4 is 5.32 Å². The average Bonchev–Trinajstić information content (AvgIpc) is 2.94. The molecule has 0 atom stereocenters. The minimum absolute atomic E-state index is 0.0950. The standard InChI is InChI=1S/C19H21N3O2S/c1-12-5-10-15-17(20-12)22-18(24-15)25-11-16(23)21-14-8-6-13(7-9-14)19(2,3)4/h5-10H,11H2,1-4H3,(H,21,23). The molecule has 3 rings (SSSR count). The summed E-state index contributed by atoms with van der Waals surface area (Å²) in [5, 5.41) is 3.34. The van der Waals surface area contributed by atoms with Crippen molar-refractivity contribution in [3.63, 3.8) is 0 Å². The summed E-state index contributed by atoms with van der Waals surface area (Å²) >= 11 is 1.26. The molecule has 25 heavy (non-hydrogen) atoms. The minimum Gasteiger partial charge on any atom is -0.430 e. The molecular weight excluding hydrogens is 334 g/mol. The largest absolute Gasteiger partial charge is 0.430 e. The van der Waals surface area contributed by atoms with Gasteiger partial charge in [-0.2, -0.15) is 4.98 Å². The van der Waals surface area contributed by atoms with E-state index in [1.807, 2.05) is 43.3 Å². The molecule has 130 valence electrons. The fourth-order valence-electron chi connectivity index (χ4n) is 2.33. The van der Waals surface area contributed by atoms with Gasteiger partial charge in [0.15, 0.2) is 11.2 Å². The number of anilines is 1. The van der Waals surface area contributed by atoms with Gasteiger partial charge in [0.2, 0.25) is 5.91 Å². The third-order valence-corrected chi connectivity index (χ3v) is 4.56. The van der Waals surface area contributed by atoms with Gasteiger partial charge in [-0.15, -0.1) is 0 Å². The van der Waals surface area contributed by atoms with Crippen LogP contribution in [-0.4, -0.2) is 21.6 Å². The first kappa shape index (κ1) is 17.5. The Balaban J connectivity index is 1.58. The molecule has 0 bridgehead atoms. The van der Waals surface area contributed by atoms with E-state index in [1.165, 1.54) is 17.3 Å². The summed E-state index contributed by atoms with van der Waals surface area (Å²) in [4.78, 5) is 20.7. The first-order chi connectivity index (χ1) is 11.8. The third-order valence-electron chi connectivity index (χ3n) is 3.73. The Labute approximate surface area is 151 Å². The van der Waals surface area contributed by atoms with Crippen LogP contribution in [0.25, 0.3) is 11.2 Å². The van der Waals surface area contributed by atoms with Crippen LogP contribution >= 0.6 is 11.8 Å². The van der Waals surface area contributed by atoms with Gasteiger partial charge in [-0.3, -0.25) is 4.79 Å². The van der Waals surface area contributed by atoms with E-state index in [1.54, 1.807) is 0 Å². The molecular formula is C19H21N3O2S. The first-order valence-corrected chi connectivity index (χ1v) is 9.07. The van der Waals surface area contributed by atoms with Gasteiger partial charge in [0.25, 0.3) is 5.22 Å². The number of nitrogens with one attached hydrogen (secondary N) is 1. The molecule has 0 saturated carbocycles. The molecule has 2 heterocycles. The van der Waals surface area contributed by atoms with Crippen molar-refractivity contribution in [3.8, 4) is 0 Å². The third kappa shape index (κ3) is 4.39. The fourth-order valence-corrected chi connectivity index (χ4v) is 2.96. The smallest absolute Gasteiger partial charge is 0.258 e. The Kier molecular flexibility index (Phi) is 4.81. The van der Waals surface area contributed by atoms with Crippen LogP contribution in [0.3, 0.4) is 0 Å². The maximum Gasteiger partial charge on any atom is 0.258 e. The van der Waals surface area contributed by atoms with Gasteiger partial charge in [0.05, 0.1) is 5.75 Å². The van der Waals surface area contributed by atoms with Crippen molar-refractivity contribution in [2.45, 2.75) is 38.3 Å².